The molecule has 0 saturated heterocycles. The van der Waals surface area contributed by atoms with Crippen molar-refractivity contribution in [3.05, 3.63) is 35.8 Å². The molecule has 0 aliphatic heterocycles. The zero-order valence-electron chi connectivity index (χ0n) is 17.6. The fourth-order valence-corrected chi connectivity index (χ4v) is 3.77. The summed E-state index contributed by atoms with van der Waals surface area (Å²) >= 11 is 0. The van der Waals surface area contributed by atoms with Crippen molar-refractivity contribution < 1.29 is 9.47 Å². The fraction of sp³-hybridized carbons (Fsp3) is 0.500. The monoisotopic (exact) mass is 395 g/mol. The Bertz CT molecular complexity index is 1060. The van der Waals surface area contributed by atoms with Crippen molar-refractivity contribution in [3.8, 4) is 17.2 Å². The summed E-state index contributed by atoms with van der Waals surface area (Å²) in [7, 11) is 1.67. The lowest BCUT2D eigenvalue weighted by molar-refractivity contribution is 0.201. The summed E-state index contributed by atoms with van der Waals surface area (Å²) < 4.78 is 13.8. The van der Waals surface area contributed by atoms with Crippen LogP contribution in [0.25, 0.3) is 16.9 Å². The maximum Gasteiger partial charge on any atom is 0.176 e. The zero-order chi connectivity index (χ0) is 20.4. The van der Waals surface area contributed by atoms with E-state index in [4.69, 9.17) is 14.5 Å². The summed E-state index contributed by atoms with van der Waals surface area (Å²) in [5.74, 6) is 2.71. The molecular formula is C22H29N5O2. The lowest BCUT2D eigenvalue weighted by Crippen LogP contribution is -2.14. The van der Waals surface area contributed by atoms with Gasteiger partial charge in [0.05, 0.1) is 18.9 Å². The van der Waals surface area contributed by atoms with Gasteiger partial charge in [0, 0.05) is 18.5 Å². The number of fused-ring (bicyclic) bond motifs is 1. The van der Waals surface area contributed by atoms with Gasteiger partial charge in [0.15, 0.2) is 22.6 Å². The van der Waals surface area contributed by atoms with Gasteiger partial charge >= 0.3 is 0 Å². The largest absolute Gasteiger partial charge is 0.493 e. The maximum atomic E-state index is 6.27. The minimum Gasteiger partial charge on any atom is -0.493 e. The average molecular weight is 396 g/mol. The highest BCUT2D eigenvalue weighted by Crippen LogP contribution is 2.33. The quantitative estimate of drug-likeness (QED) is 0.681. The Kier molecular flexibility index (Phi) is 5.56. The first-order chi connectivity index (χ1) is 14.1. The summed E-state index contributed by atoms with van der Waals surface area (Å²) in [6.07, 6.45) is 6.67. The van der Waals surface area contributed by atoms with Gasteiger partial charge in [-0.3, -0.25) is 9.56 Å². The van der Waals surface area contributed by atoms with Crippen molar-refractivity contribution in [2.45, 2.75) is 58.5 Å². The second-order valence-corrected chi connectivity index (χ2v) is 7.75. The summed E-state index contributed by atoms with van der Waals surface area (Å²) in [5, 5.41) is 0. The first kappa shape index (κ1) is 19.5. The number of H-pyrrole nitrogens is 1. The highest BCUT2D eigenvalue weighted by molar-refractivity contribution is 5.72. The van der Waals surface area contributed by atoms with Crippen molar-refractivity contribution in [1.29, 1.82) is 0 Å². The highest BCUT2D eigenvalue weighted by atomic mass is 16.5. The van der Waals surface area contributed by atoms with E-state index in [2.05, 4.69) is 28.8 Å². The minimum absolute atomic E-state index is 0.256. The van der Waals surface area contributed by atoms with Crippen LogP contribution in [0.5, 0.6) is 11.5 Å². The molecule has 0 spiro atoms. The molecule has 3 aromatic rings. The first-order valence-electron chi connectivity index (χ1n) is 10.4. The number of hydrogen-bond donors (Lipinski definition) is 1. The number of imidazole rings is 1. The molecular weight excluding hydrogens is 366 g/mol. The normalized spacial score (nSPS) is 15.6. The number of aromatic amines is 1. The van der Waals surface area contributed by atoms with Crippen LogP contribution in [0.3, 0.4) is 0 Å². The molecule has 0 amide bonds. The molecule has 1 N–H and O–H groups in total. The van der Waals surface area contributed by atoms with Crippen molar-refractivity contribution in [3.63, 3.8) is 0 Å². The Morgan fingerprint density at radius 2 is 2.03 bits per heavy atom. The second kappa shape index (κ2) is 8.27. The molecule has 154 valence electrons. The lowest BCUT2D eigenvalue weighted by atomic mass is 10.2. The number of rotatable bonds is 6. The molecule has 7 heteroatoms. The Morgan fingerprint density at radius 3 is 2.72 bits per heavy atom. The van der Waals surface area contributed by atoms with E-state index < -0.39 is 0 Å². The molecule has 0 unspecified atom stereocenters. The summed E-state index contributed by atoms with van der Waals surface area (Å²) in [6.45, 7) is 6.91. The molecule has 1 fully saturated rings. The van der Waals surface area contributed by atoms with E-state index in [0.717, 1.165) is 47.0 Å². The van der Waals surface area contributed by atoms with Crippen molar-refractivity contribution in [2.24, 2.45) is 4.99 Å². The summed E-state index contributed by atoms with van der Waals surface area (Å²) in [5.41, 5.74) is 3.29. The van der Waals surface area contributed by atoms with Gasteiger partial charge in [-0.2, -0.15) is 0 Å². The van der Waals surface area contributed by atoms with Crippen LogP contribution in [0.1, 0.15) is 58.2 Å². The molecule has 29 heavy (non-hydrogen) atoms. The van der Waals surface area contributed by atoms with Crippen LogP contribution >= 0.6 is 0 Å². The van der Waals surface area contributed by atoms with Gasteiger partial charge in [0.25, 0.3) is 0 Å². The molecule has 2 aromatic heterocycles. The number of methoxy groups -OCH3 is 1. The van der Waals surface area contributed by atoms with Gasteiger partial charge in [-0.15, -0.1) is 0 Å². The minimum atomic E-state index is 0.256. The van der Waals surface area contributed by atoms with Crippen LogP contribution in [0.15, 0.2) is 29.5 Å². The van der Waals surface area contributed by atoms with E-state index in [-0.39, 0.29) is 12.0 Å². The number of benzene rings is 1. The highest BCUT2D eigenvalue weighted by Gasteiger charge is 2.20. The number of aromatic nitrogens is 4. The Labute approximate surface area is 170 Å². The van der Waals surface area contributed by atoms with Gasteiger partial charge in [-0.25, -0.2) is 9.97 Å². The molecule has 1 saturated carbocycles. The van der Waals surface area contributed by atoms with Crippen molar-refractivity contribution >= 4 is 11.2 Å². The van der Waals surface area contributed by atoms with E-state index >= 15 is 0 Å². The predicted octanol–water partition coefficient (Wildman–Crippen LogP) is 4.12. The Morgan fingerprint density at radius 1 is 1.24 bits per heavy atom. The molecule has 1 aliphatic carbocycles. The number of nitrogens with one attached hydrogen (secondary N) is 1. The number of nitrogens with zero attached hydrogens (tertiary/aromatic N) is 4. The standard InChI is InChI=1S/C22H29N5O2/c1-5-23-21-19-22(26-20(25-19)14(2)3)27(13-24-21)15-10-11-17(28-4)18(12-15)29-16-8-6-7-9-16/h10-14,16H,5-9H2,1-4H3,(H,25,26). The van der Waals surface area contributed by atoms with Crippen molar-refractivity contribution in [2.75, 3.05) is 13.7 Å². The SMILES string of the molecule is CCN=c1ncn(-c2ccc(OC)c(OC3CCCC3)c2)c2nc(C(C)C)[nH]c12. The Balaban J connectivity index is 1.83. The molecule has 0 atom stereocenters. The Hall–Kier alpha value is -2.83. The van der Waals surface area contributed by atoms with Crippen LogP contribution in [-0.4, -0.2) is 39.3 Å². The number of ether oxygens (including phenoxy) is 2. The maximum absolute atomic E-state index is 6.27. The molecule has 4 rings (SSSR count). The van der Waals surface area contributed by atoms with Crippen LogP contribution < -0.4 is 15.0 Å². The molecule has 7 nitrogen and oxygen atoms in total. The van der Waals surface area contributed by atoms with Crippen LogP contribution in [0.4, 0.5) is 0 Å². The first-order valence-corrected chi connectivity index (χ1v) is 10.4. The van der Waals surface area contributed by atoms with Gasteiger partial charge in [-0.1, -0.05) is 13.8 Å². The number of hydrogen-bond acceptors (Lipinski definition) is 5. The summed E-state index contributed by atoms with van der Waals surface area (Å²) in [6, 6.07) is 5.96. The van der Waals surface area contributed by atoms with E-state index in [1.165, 1.54) is 12.8 Å². The van der Waals surface area contributed by atoms with Crippen LogP contribution in [-0.2, 0) is 0 Å². The molecule has 0 radical (unpaired) electrons. The molecule has 2 heterocycles. The third-order valence-corrected chi connectivity index (χ3v) is 5.33. The van der Waals surface area contributed by atoms with Gasteiger partial charge in [0.1, 0.15) is 17.7 Å². The second-order valence-electron chi connectivity index (χ2n) is 7.75. The summed E-state index contributed by atoms with van der Waals surface area (Å²) in [4.78, 5) is 17.3. The van der Waals surface area contributed by atoms with Crippen LogP contribution in [0, 0.1) is 0 Å². The fourth-order valence-electron chi connectivity index (χ4n) is 3.77. The van der Waals surface area contributed by atoms with E-state index in [0.29, 0.717) is 12.0 Å². The van der Waals surface area contributed by atoms with Gasteiger partial charge in [-0.05, 0) is 44.7 Å². The smallest absolute Gasteiger partial charge is 0.176 e. The van der Waals surface area contributed by atoms with Crippen molar-refractivity contribution in [1.82, 2.24) is 19.5 Å². The zero-order valence-corrected chi connectivity index (χ0v) is 17.6. The predicted molar refractivity (Wildman–Crippen MR) is 113 cm³/mol. The lowest BCUT2D eigenvalue weighted by Gasteiger charge is -2.17. The van der Waals surface area contributed by atoms with E-state index in [1.807, 2.05) is 29.7 Å². The molecule has 0 bridgehead atoms. The van der Waals surface area contributed by atoms with E-state index in [9.17, 15) is 0 Å². The topological polar surface area (TPSA) is 77.3 Å². The third kappa shape index (κ3) is 3.86. The van der Waals surface area contributed by atoms with Crippen LogP contribution in [0.2, 0.25) is 0 Å². The molecule has 1 aromatic carbocycles. The molecule has 1 aliphatic rings. The van der Waals surface area contributed by atoms with E-state index in [1.54, 1.807) is 13.4 Å². The van der Waals surface area contributed by atoms with Gasteiger partial charge < -0.3 is 14.5 Å². The van der Waals surface area contributed by atoms with Gasteiger partial charge in [0.2, 0.25) is 0 Å². The third-order valence-electron chi connectivity index (χ3n) is 5.33. The average Bonchev–Trinajstić information content (AvgIpc) is 3.38.